The Labute approximate surface area is 150 Å². The van der Waals surface area contributed by atoms with Crippen LogP contribution in [0.15, 0.2) is 29.6 Å². The van der Waals surface area contributed by atoms with Gasteiger partial charge in [0.05, 0.1) is 0 Å². The minimum absolute atomic E-state index is 0.172. The molecule has 0 aliphatic rings. The van der Waals surface area contributed by atoms with E-state index >= 15 is 0 Å². The van der Waals surface area contributed by atoms with Gasteiger partial charge in [-0.3, -0.25) is 4.79 Å². The van der Waals surface area contributed by atoms with Crippen LogP contribution in [0.4, 0.5) is 0 Å². The van der Waals surface area contributed by atoms with E-state index in [1.807, 2.05) is 32.9 Å². The van der Waals surface area contributed by atoms with Gasteiger partial charge in [-0.25, -0.2) is 9.78 Å². The van der Waals surface area contributed by atoms with Crippen molar-refractivity contribution in [3.63, 3.8) is 0 Å². The Morgan fingerprint density at radius 2 is 2.04 bits per heavy atom. The highest BCUT2D eigenvalue weighted by Crippen LogP contribution is 2.26. The molecule has 0 unspecified atom stereocenters. The van der Waals surface area contributed by atoms with Crippen molar-refractivity contribution >= 4 is 34.8 Å². The topological polar surface area (TPSA) is 68.3 Å². The summed E-state index contributed by atoms with van der Waals surface area (Å²) < 4.78 is 5.18. The van der Waals surface area contributed by atoms with Gasteiger partial charge in [0.15, 0.2) is 11.8 Å². The molecule has 0 fully saturated rings. The van der Waals surface area contributed by atoms with Gasteiger partial charge in [-0.05, 0) is 39.8 Å². The summed E-state index contributed by atoms with van der Waals surface area (Å²) in [5.74, 6) is -0.975. The summed E-state index contributed by atoms with van der Waals surface area (Å²) in [5.41, 5.74) is 0.605. The molecule has 7 heteroatoms. The predicted molar refractivity (Wildman–Crippen MR) is 95.3 cm³/mol. The van der Waals surface area contributed by atoms with Crippen molar-refractivity contribution in [3.8, 4) is 10.6 Å². The summed E-state index contributed by atoms with van der Waals surface area (Å²) in [7, 11) is 0. The Bertz CT molecular complexity index is 752. The number of hydrogen-bond donors (Lipinski definition) is 1. The normalized spacial score (nSPS) is 12.5. The number of rotatable bonds is 4. The maximum Gasteiger partial charge on any atom is 0.358 e. The van der Waals surface area contributed by atoms with Crippen molar-refractivity contribution in [2.45, 2.75) is 39.3 Å². The number of amides is 1. The van der Waals surface area contributed by atoms with E-state index in [-0.39, 0.29) is 11.6 Å². The van der Waals surface area contributed by atoms with E-state index in [2.05, 4.69) is 10.3 Å². The molecule has 0 aliphatic carbocycles. The molecule has 1 N–H and O–H groups in total. The van der Waals surface area contributed by atoms with E-state index in [1.54, 1.807) is 17.5 Å². The molecule has 1 atom stereocenters. The van der Waals surface area contributed by atoms with Gasteiger partial charge < -0.3 is 10.1 Å². The molecule has 0 aliphatic heterocycles. The average Bonchev–Trinajstić information content (AvgIpc) is 2.95. The lowest BCUT2D eigenvalue weighted by Crippen LogP contribution is -2.46. The fourth-order valence-corrected chi connectivity index (χ4v) is 2.84. The summed E-state index contributed by atoms with van der Waals surface area (Å²) in [6.45, 7) is 7.11. The zero-order valence-electron chi connectivity index (χ0n) is 13.9. The van der Waals surface area contributed by atoms with Crippen LogP contribution in [-0.4, -0.2) is 28.5 Å². The van der Waals surface area contributed by atoms with E-state index in [4.69, 9.17) is 16.3 Å². The SMILES string of the molecule is C[C@H](OC(=O)c1csc(-c2cccc(Cl)c2)n1)C(=O)NC(C)(C)C. The monoisotopic (exact) mass is 366 g/mol. The van der Waals surface area contributed by atoms with Gasteiger partial charge in [0.1, 0.15) is 5.01 Å². The highest BCUT2D eigenvalue weighted by molar-refractivity contribution is 7.13. The lowest BCUT2D eigenvalue weighted by atomic mass is 10.1. The minimum atomic E-state index is -0.895. The maximum absolute atomic E-state index is 12.2. The second-order valence-electron chi connectivity index (χ2n) is 6.34. The highest BCUT2D eigenvalue weighted by atomic mass is 35.5. The van der Waals surface area contributed by atoms with Crippen molar-refractivity contribution in [1.82, 2.24) is 10.3 Å². The number of aromatic nitrogens is 1. The van der Waals surface area contributed by atoms with Crippen LogP contribution in [0.5, 0.6) is 0 Å². The third kappa shape index (κ3) is 5.04. The van der Waals surface area contributed by atoms with Crippen LogP contribution in [0, 0.1) is 0 Å². The quantitative estimate of drug-likeness (QED) is 0.832. The molecule has 2 rings (SSSR count). The number of hydrogen-bond acceptors (Lipinski definition) is 5. The number of ether oxygens (including phenoxy) is 1. The number of carbonyl (C=O) groups excluding carboxylic acids is 2. The van der Waals surface area contributed by atoms with E-state index in [9.17, 15) is 9.59 Å². The first-order valence-corrected chi connectivity index (χ1v) is 8.66. The Morgan fingerprint density at radius 1 is 1.33 bits per heavy atom. The fraction of sp³-hybridized carbons (Fsp3) is 0.353. The summed E-state index contributed by atoms with van der Waals surface area (Å²) in [4.78, 5) is 28.4. The van der Waals surface area contributed by atoms with E-state index < -0.39 is 17.6 Å². The molecule has 1 amide bonds. The molecule has 0 bridgehead atoms. The second-order valence-corrected chi connectivity index (χ2v) is 7.63. The molecule has 0 spiro atoms. The lowest BCUT2D eigenvalue weighted by molar-refractivity contribution is -0.130. The molecule has 2 aromatic rings. The van der Waals surface area contributed by atoms with Crippen molar-refractivity contribution in [2.75, 3.05) is 0 Å². The molecule has 24 heavy (non-hydrogen) atoms. The maximum atomic E-state index is 12.2. The van der Waals surface area contributed by atoms with Crippen LogP contribution in [-0.2, 0) is 9.53 Å². The highest BCUT2D eigenvalue weighted by Gasteiger charge is 2.24. The van der Waals surface area contributed by atoms with E-state index in [0.29, 0.717) is 10.0 Å². The lowest BCUT2D eigenvalue weighted by Gasteiger charge is -2.23. The first-order valence-electron chi connectivity index (χ1n) is 7.40. The Morgan fingerprint density at radius 3 is 2.67 bits per heavy atom. The Balaban J connectivity index is 2.05. The number of nitrogens with one attached hydrogen (secondary N) is 1. The van der Waals surface area contributed by atoms with Crippen LogP contribution in [0.3, 0.4) is 0 Å². The van der Waals surface area contributed by atoms with Gasteiger partial charge >= 0.3 is 5.97 Å². The van der Waals surface area contributed by atoms with Crippen LogP contribution < -0.4 is 5.32 Å². The third-order valence-electron chi connectivity index (χ3n) is 2.94. The van der Waals surface area contributed by atoms with Gasteiger partial charge in [0.2, 0.25) is 0 Å². The minimum Gasteiger partial charge on any atom is -0.448 e. The molecule has 1 aromatic heterocycles. The van der Waals surface area contributed by atoms with Crippen molar-refractivity contribution in [2.24, 2.45) is 0 Å². The second kappa shape index (κ2) is 7.32. The molecule has 1 heterocycles. The first-order chi connectivity index (χ1) is 11.2. The number of nitrogens with zero attached hydrogens (tertiary/aromatic N) is 1. The molecule has 1 aromatic carbocycles. The van der Waals surface area contributed by atoms with Crippen LogP contribution >= 0.6 is 22.9 Å². The predicted octanol–water partition coefficient (Wildman–Crippen LogP) is 3.92. The van der Waals surface area contributed by atoms with Gasteiger partial charge in [-0.1, -0.05) is 23.7 Å². The van der Waals surface area contributed by atoms with E-state index in [0.717, 1.165) is 5.56 Å². The van der Waals surface area contributed by atoms with Crippen LogP contribution in [0.2, 0.25) is 5.02 Å². The molecule has 0 radical (unpaired) electrons. The summed E-state index contributed by atoms with van der Waals surface area (Å²) in [6.07, 6.45) is -0.895. The number of esters is 1. The summed E-state index contributed by atoms with van der Waals surface area (Å²) in [5, 5.41) is 5.63. The smallest absolute Gasteiger partial charge is 0.358 e. The fourth-order valence-electron chi connectivity index (χ4n) is 1.87. The Kier molecular flexibility index (Phi) is 5.62. The average molecular weight is 367 g/mol. The largest absolute Gasteiger partial charge is 0.448 e. The van der Waals surface area contributed by atoms with Crippen molar-refractivity contribution < 1.29 is 14.3 Å². The van der Waals surface area contributed by atoms with Crippen molar-refractivity contribution in [1.29, 1.82) is 0 Å². The van der Waals surface area contributed by atoms with Gasteiger partial charge in [0, 0.05) is 21.5 Å². The van der Waals surface area contributed by atoms with Crippen LogP contribution in [0.1, 0.15) is 38.2 Å². The Hall–Kier alpha value is -1.92. The summed E-state index contributed by atoms with van der Waals surface area (Å²) >= 11 is 7.28. The van der Waals surface area contributed by atoms with Gasteiger partial charge in [-0.2, -0.15) is 0 Å². The zero-order chi connectivity index (χ0) is 17.9. The number of halogens is 1. The number of benzene rings is 1. The first kappa shape index (κ1) is 18.4. The molecule has 0 saturated heterocycles. The molecule has 5 nitrogen and oxygen atoms in total. The summed E-state index contributed by atoms with van der Waals surface area (Å²) in [6, 6.07) is 7.22. The van der Waals surface area contributed by atoms with Crippen molar-refractivity contribution in [3.05, 3.63) is 40.4 Å². The number of thiazole rings is 1. The molecule has 0 saturated carbocycles. The van der Waals surface area contributed by atoms with Crippen LogP contribution in [0.25, 0.3) is 10.6 Å². The molecule has 128 valence electrons. The number of carbonyl (C=O) groups is 2. The van der Waals surface area contributed by atoms with Gasteiger partial charge in [0.25, 0.3) is 5.91 Å². The molecular weight excluding hydrogens is 348 g/mol. The molecular formula is C17H19ClN2O3S. The van der Waals surface area contributed by atoms with Gasteiger partial charge in [-0.15, -0.1) is 11.3 Å². The van der Waals surface area contributed by atoms with E-state index in [1.165, 1.54) is 18.3 Å². The third-order valence-corrected chi connectivity index (χ3v) is 4.06. The standard InChI is InChI=1S/C17H19ClN2O3S/c1-10(14(21)20-17(2,3)4)23-16(22)13-9-24-15(19-13)11-6-5-7-12(18)8-11/h5-10H,1-4H3,(H,20,21)/t10-/m0/s1. The zero-order valence-corrected chi connectivity index (χ0v) is 15.5.